The van der Waals surface area contributed by atoms with Crippen molar-refractivity contribution in [2.45, 2.75) is 29.0 Å². The van der Waals surface area contributed by atoms with Crippen molar-refractivity contribution in [2.75, 3.05) is 13.1 Å². The summed E-state index contributed by atoms with van der Waals surface area (Å²) in [5.74, 6) is -0.657. The molecule has 3 rings (SSSR count). The molecule has 0 unspecified atom stereocenters. The number of likely N-dealkylation sites (tertiary alicyclic amines) is 1. The highest BCUT2D eigenvalue weighted by Gasteiger charge is 2.47. The Labute approximate surface area is 187 Å². The predicted molar refractivity (Wildman–Crippen MR) is 108 cm³/mol. The second-order valence-electron chi connectivity index (χ2n) is 7.09. The normalized spacial score (nSPS) is 18.4. The first-order valence-electron chi connectivity index (χ1n) is 9.63. The summed E-state index contributed by atoms with van der Waals surface area (Å²) in [6.07, 6.45) is -7.78. The van der Waals surface area contributed by atoms with Gasteiger partial charge in [-0.05, 0) is 24.3 Å². The lowest BCUT2D eigenvalue weighted by Gasteiger charge is -2.24. The van der Waals surface area contributed by atoms with Gasteiger partial charge in [0.2, 0.25) is 0 Å². The Morgan fingerprint density at radius 1 is 1.12 bits per heavy atom. The molecule has 2 aromatic rings. The second-order valence-corrected chi connectivity index (χ2v) is 9.29. The highest BCUT2D eigenvalue weighted by Crippen LogP contribution is 2.37. The Hall–Kier alpha value is -3.59. The van der Waals surface area contributed by atoms with Crippen molar-refractivity contribution in [1.82, 2.24) is 10.2 Å². The fourth-order valence-corrected chi connectivity index (χ4v) is 5.36. The van der Waals surface area contributed by atoms with Crippen LogP contribution in [0.2, 0.25) is 0 Å². The molecule has 0 aliphatic carbocycles. The lowest BCUT2D eigenvalue weighted by Crippen LogP contribution is -2.41. The van der Waals surface area contributed by atoms with Gasteiger partial charge in [-0.2, -0.15) is 18.4 Å². The lowest BCUT2D eigenvalue weighted by molar-refractivity contribution is -0.139. The number of rotatable bonds is 5. The Bertz CT molecular complexity index is 1180. The highest BCUT2D eigenvalue weighted by molar-refractivity contribution is 7.92. The fraction of sp³-hybridized carbons (Fsp3) is 0.286. The largest absolute Gasteiger partial charge is 0.425 e. The Morgan fingerprint density at radius 3 is 2.39 bits per heavy atom. The number of ether oxygens (including phenoxy) is 1. The van der Waals surface area contributed by atoms with E-state index in [0.717, 1.165) is 17.0 Å². The van der Waals surface area contributed by atoms with Crippen LogP contribution in [0.15, 0.2) is 59.5 Å². The Kier molecular flexibility index (Phi) is 6.92. The van der Waals surface area contributed by atoms with E-state index in [1.807, 2.05) is 0 Å². The van der Waals surface area contributed by atoms with Gasteiger partial charge in [0, 0.05) is 18.5 Å². The maximum absolute atomic E-state index is 13.4. The molecule has 0 radical (unpaired) electrons. The van der Waals surface area contributed by atoms with Gasteiger partial charge in [-0.25, -0.2) is 13.2 Å². The smallest absolute Gasteiger partial charge is 0.417 e. The van der Waals surface area contributed by atoms with Crippen molar-refractivity contribution in [1.29, 1.82) is 5.26 Å². The van der Waals surface area contributed by atoms with Crippen LogP contribution >= 0.6 is 0 Å². The number of hydrogen-bond donors (Lipinski definition) is 1. The molecule has 8 nitrogen and oxygen atoms in total. The molecule has 0 aromatic heterocycles. The SMILES string of the molecule is N#CCNC(=O)O[C@H]1C[C@@H](S(=O)(=O)c2ccccc2C(F)(F)F)CN1C(=O)c1ccccc1. The zero-order valence-electron chi connectivity index (χ0n) is 16.9. The number of carbonyl (C=O) groups excluding carboxylic acids is 2. The van der Waals surface area contributed by atoms with Gasteiger partial charge in [0.05, 0.1) is 21.8 Å². The first-order valence-corrected chi connectivity index (χ1v) is 11.2. The van der Waals surface area contributed by atoms with E-state index in [-0.39, 0.29) is 5.56 Å². The summed E-state index contributed by atoms with van der Waals surface area (Å²) in [6.45, 7) is -0.878. The maximum atomic E-state index is 13.4. The molecular formula is C21H18F3N3O5S. The van der Waals surface area contributed by atoms with Crippen molar-refractivity contribution in [3.05, 3.63) is 65.7 Å². The van der Waals surface area contributed by atoms with Crippen LogP contribution in [0.4, 0.5) is 18.0 Å². The third-order valence-electron chi connectivity index (χ3n) is 4.99. The van der Waals surface area contributed by atoms with Crippen molar-refractivity contribution in [3.8, 4) is 6.07 Å². The number of halogens is 3. The van der Waals surface area contributed by atoms with E-state index in [9.17, 15) is 31.2 Å². The molecule has 1 N–H and O–H groups in total. The standard InChI is InChI=1S/C21H18F3N3O5S/c22-21(23,24)16-8-4-5-9-17(16)33(30,31)15-12-18(32-20(29)26-11-10-25)27(13-15)19(28)14-6-2-1-3-7-14/h1-9,15,18H,11-13H2,(H,26,29)/t15-,18+/m1/s1. The van der Waals surface area contributed by atoms with E-state index in [2.05, 4.69) is 5.32 Å². The molecule has 2 aromatic carbocycles. The van der Waals surface area contributed by atoms with Crippen molar-refractivity contribution < 1.29 is 35.9 Å². The number of benzene rings is 2. The van der Waals surface area contributed by atoms with Crippen molar-refractivity contribution in [3.63, 3.8) is 0 Å². The van der Waals surface area contributed by atoms with Crippen LogP contribution in [0.5, 0.6) is 0 Å². The summed E-state index contributed by atoms with van der Waals surface area (Å²) in [5.41, 5.74) is -1.14. The molecule has 1 fully saturated rings. The molecule has 1 aliphatic rings. The molecule has 0 spiro atoms. The van der Waals surface area contributed by atoms with Gasteiger partial charge in [0.1, 0.15) is 6.54 Å². The van der Waals surface area contributed by atoms with Gasteiger partial charge in [-0.3, -0.25) is 4.79 Å². The van der Waals surface area contributed by atoms with E-state index >= 15 is 0 Å². The zero-order valence-corrected chi connectivity index (χ0v) is 17.8. The number of hydrogen-bond acceptors (Lipinski definition) is 6. The van der Waals surface area contributed by atoms with Crippen LogP contribution in [-0.4, -0.2) is 49.9 Å². The second kappa shape index (κ2) is 9.50. The first-order chi connectivity index (χ1) is 15.6. The van der Waals surface area contributed by atoms with Crippen LogP contribution in [0.25, 0.3) is 0 Å². The Balaban J connectivity index is 1.95. The quantitative estimate of drug-likeness (QED) is 0.657. The first kappa shape index (κ1) is 24.1. The predicted octanol–water partition coefficient (Wildman–Crippen LogP) is 2.97. The molecule has 174 valence electrons. The van der Waals surface area contributed by atoms with E-state index in [0.29, 0.717) is 6.07 Å². The lowest BCUT2D eigenvalue weighted by atomic mass is 10.2. The number of amides is 2. The van der Waals surface area contributed by atoms with E-state index in [4.69, 9.17) is 10.00 Å². The molecule has 1 saturated heterocycles. The summed E-state index contributed by atoms with van der Waals surface area (Å²) in [5, 5.41) is 9.23. The average molecular weight is 481 g/mol. The summed E-state index contributed by atoms with van der Waals surface area (Å²) < 4.78 is 71.8. The van der Waals surface area contributed by atoms with Crippen molar-refractivity contribution in [2.24, 2.45) is 0 Å². The number of alkyl halides is 3. The van der Waals surface area contributed by atoms with Gasteiger partial charge < -0.3 is 15.0 Å². The van der Waals surface area contributed by atoms with E-state index in [1.165, 1.54) is 18.2 Å². The molecule has 1 heterocycles. The molecule has 12 heteroatoms. The minimum atomic E-state index is -4.91. The molecule has 0 bridgehead atoms. The van der Waals surface area contributed by atoms with Crippen LogP contribution in [-0.2, 0) is 20.8 Å². The maximum Gasteiger partial charge on any atom is 0.417 e. The average Bonchev–Trinajstić information content (AvgIpc) is 3.21. The molecule has 2 atom stereocenters. The molecule has 1 aliphatic heterocycles. The summed E-state index contributed by atoms with van der Waals surface area (Å²) >= 11 is 0. The summed E-state index contributed by atoms with van der Waals surface area (Å²) in [6, 6.07) is 13.2. The number of nitriles is 1. The van der Waals surface area contributed by atoms with Crippen LogP contribution < -0.4 is 5.32 Å². The number of nitrogens with zero attached hydrogens (tertiary/aromatic N) is 2. The third kappa shape index (κ3) is 5.25. The number of sulfone groups is 1. The fourth-order valence-electron chi connectivity index (χ4n) is 3.47. The molecule has 0 saturated carbocycles. The number of nitrogens with one attached hydrogen (secondary N) is 1. The Morgan fingerprint density at radius 2 is 1.76 bits per heavy atom. The third-order valence-corrected chi connectivity index (χ3v) is 7.17. The monoisotopic (exact) mass is 481 g/mol. The van der Waals surface area contributed by atoms with E-state index in [1.54, 1.807) is 24.3 Å². The van der Waals surface area contributed by atoms with Gasteiger partial charge >= 0.3 is 12.3 Å². The minimum absolute atomic E-state index is 0.178. The number of carbonyl (C=O) groups is 2. The van der Waals surface area contributed by atoms with Crippen LogP contribution in [0.1, 0.15) is 22.3 Å². The van der Waals surface area contributed by atoms with Crippen LogP contribution in [0, 0.1) is 11.3 Å². The van der Waals surface area contributed by atoms with E-state index < -0.39 is 69.5 Å². The van der Waals surface area contributed by atoms with Gasteiger partial charge in [0.25, 0.3) is 5.91 Å². The molecule has 2 amide bonds. The van der Waals surface area contributed by atoms with Gasteiger partial charge in [-0.1, -0.05) is 30.3 Å². The highest BCUT2D eigenvalue weighted by atomic mass is 32.2. The summed E-state index contributed by atoms with van der Waals surface area (Å²) in [7, 11) is -4.56. The number of alkyl carbamates (subject to hydrolysis) is 1. The van der Waals surface area contributed by atoms with Crippen molar-refractivity contribution >= 4 is 21.8 Å². The summed E-state index contributed by atoms with van der Waals surface area (Å²) in [4.78, 5) is 25.0. The molecule has 33 heavy (non-hydrogen) atoms. The van der Waals surface area contributed by atoms with Gasteiger partial charge in [0.15, 0.2) is 16.1 Å². The zero-order chi connectivity index (χ0) is 24.2. The molecular weight excluding hydrogens is 463 g/mol. The minimum Gasteiger partial charge on any atom is -0.425 e. The topological polar surface area (TPSA) is 117 Å². The van der Waals surface area contributed by atoms with Crippen LogP contribution in [0.3, 0.4) is 0 Å². The van der Waals surface area contributed by atoms with Gasteiger partial charge in [-0.15, -0.1) is 0 Å².